The van der Waals surface area contributed by atoms with E-state index in [4.69, 9.17) is 11.6 Å². The fraction of sp³-hybridized carbons (Fsp3) is 0.746. The van der Waals surface area contributed by atoms with Gasteiger partial charge in [0.05, 0.1) is 36.6 Å². The van der Waals surface area contributed by atoms with E-state index in [9.17, 15) is 46.7 Å². The van der Waals surface area contributed by atoms with E-state index in [1.165, 1.54) is 79.9 Å². The minimum absolute atomic E-state index is 0.0206. The van der Waals surface area contributed by atoms with Crippen molar-refractivity contribution in [3.8, 4) is 0 Å². The molecule has 3 saturated carbocycles. The lowest BCUT2D eigenvalue weighted by Crippen LogP contribution is -2.65. The van der Waals surface area contributed by atoms with Gasteiger partial charge in [0.25, 0.3) is 0 Å². The van der Waals surface area contributed by atoms with Gasteiger partial charge in [-0.05, 0) is 125 Å². The maximum atomic E-state index is 15.6. The molecule has 7 rings (SSSR count). The Hall–Kier alpha value is -7.06. The van der Waals surface area contributed by atoms with Crippen LogP contribution in [0.4, 0.5) is 13.2 Å². The van der Waals surface area contributed by atoms with Gasteiger partial charge in [-0.2, -0.15) is 13.2 Å². The average molecular weight is 1410 g/mol. The number of nitrogens with zero attached hydrogens (tertiary/aromatic N) is 9. The van der Waals surface area contributed by atoms with Crippen LogP contribution in [0.5, 0.6) is 0 Å². The molecule has 552 valence electrons. The van der Waals surface area contributed by atoms with Crippen LogP contribution in [0.3, 0.4) is 0 Å². The Bertz CT molecular complexity index is 3100. The number of amides is 12. The Morgan fingerprint density at radius 3 is 1.84 bits per heavy atom. The second-order valence-corrected chi connectivity index (χ2v) is 29.9. The van der Waals surface area contributed by atoms with Crippen molar-refractivity contribution in [3.63, 3.8) is 0 Å². The summed E-state index contributed by atoms with van der Waals surface area (Å²) in [6.07, 6.45) is 5.50. The van der Waals surface area contributed by atoms with Gasteiger partial charge < -0.3 is 60.0 Å². The summed E-state index contributed by atoms with van der Waals surface area (Å²) >= 11 is 6.15. The van der Waals surface area contributed by atoms with E-state index in [1.54, 1.807) is 11.8 Å². The second kappa shape index (κ2) is 35.0. The normalized spacial score (nSPS) is 26.8. The van der Waals surface area contributed by atoms with Crippen molar-refractivity contribution in [2.45, 2.75) is 229 Å². The van der Waals surface area contributed by atoms with Crippen LogP contribution in [0.15, 0.2) is 18.2 Å². The SMILES string of the molecule is CC[C@H](C)[C@@H]1NC(=O)[C@H](CC(C)C)N(C)C(=O)C[C@@H](C(=O)N2CCCCC2)N(C)C(=O)[C@H](C2CCC2)N(C)C(=O)C2(CCCC2)NC(=O)[C@@H]2CCCN2C(=O)[C@H](CCc2ccc(C(F)(F)F)c(Cl)c2)NC(=O)CN(C)C(=O)[C@H](CC2CCCCC2)N(C)C(=O)CN(C)C(=O)CN(C)C1=O. The minimum Gasteiger partial charge on any atom is -0.343 e. The smallest absolute Gasteiger partial charge is 0.343 e. The monoisotopic (exact) mass is 1410 g/mol. The molecule has 99 heavy (non-hydrogen) atoms. The standard InChI is InChI=1S/C71H108ClF3N12O12/c1-12-45(4)60-67(97)81(7)42-58(90)79(5)43-59(91)83(9)54(39-46-23-15-13-16-24-46)65(95)80(6)41-56(88)76-51(31-29-47-28-30-49(50(72)38-47)71(73,74)75)64(94)87-36-22-27-52(87)63(93)78-70(32-17-18-33-70)69(99)85(11)61(48-25-21-26-48)68(98)84(10)55(66(96)86-34-19-14-20-35-86)40-57(89)82(8)53(37-44(2)3)62(92)77-60/h28,30,38,44-46,48,51-55,60-61H,12-27,29,31-37,39-43H2,1-11H3,(H,76,88)(H,77,92)(H,78,93)/t45-,51-,52-,53-,54-,55-,60-,61-/m0/s1. The first-order valence-electron chi connectivity index (χ1n) is 35.9. The molecule has 8 atom stereocenters. The largest absolute Gasteiger partial charge is 0.417 e. The van der Waals surface area contributed by atoms with Crippen molar-refractivity contribution in [1.82, 2.24) is 60.0 Å². The molecular formula is C71H108ClF3N12O12. The molecule has 3 heterocycles. The molecule has 0 radical (unpaired) electrons. The lowest BCUT2D eigenvalue weighted by molar-refractivity contribution is -0.157. The molecule has 6 aliphatic rings. The number of hydrogen-bond donors (Lipinski definition) is 3. The van der Waals surface area contributed by atoms with Crippen LogP contribution in [-0.4, -0.2) is 251 Å². The number of likely N-dealkylation sites (tertiary alicyclic amines) is 1. The number of piperidine rings is 1. The summed E-state index contributed by atoms with van der Waals surface area (Å²) in [6, 6.07) is -5.49. The maximum Gasteiger partial charge on any atom is 0.417 e. The number of hydrogen-bond acceptors (Lipinski definition) is 12. The van der Waals surface area contributed by atoms with E-state index in [2.05, 4.69) is 16.0 Å². The molecule has 1 aromatic rings. The van der Waals surface area contributed by atoms with Crippen LogP contribution in [0.25, 0.3) is 0 Å². The van der Waals surface area contributed by atoms with E-state index in [0.29, 0.717) is 70.0 Å². The van der Waals surface area contributed by atoms with E-state index >= 15 is 24.0 Å². The van der Waals surface area contributed by atoms with E-state index in [1.807, 2.05) is 20.8 Å². The van der Waals surface area contributed by atoms with Crippen LogP contribution < -0.4 is 16.0 Å². The number of carbonyl (C=O) groups is 12. The zero-order chi connectivity index (χ0) is 73.0. The second-order valence-electron chi connectivity index (χ2n) is 29.5. The molecule has 0 bridgehead atoms. The quantitative estimate of drug-likeness (QED) is 0.243. The number of alkyl halides is 3. The summed E-state index contributed by atoms with van der Waals surface area (Å²) in [6.45, 7) is 6.45. The molecule has 3 N–H and O–H groups in total. The van der Waals surface area contributed by atoms with Crippen molar-refractivity contribution in [3.05, 3.63) is 34.3 Å². The highest BCUT2D eigenvalue weighted by Gasteiger charge is 2.52. The average Bonchev–Trinajstić information content (AvgIpc) is 1.76. The zero-order valence-electron chi connectivity index (χ0n) is 60.0. The lowest BCUT2D eigenvalue weighted by Gasteiger charge is -2.45. The number of carbonyl (C=O) groups excluding carboxylic acids is 12. The molecule has 3 saturated heterocycles. The summed E-state index contributed by atoms with van der Waals surface area (Å²) in [5.74, 6) is -8.68. The Kier molecular flexibility index (Phi) is 28.0. The molecule has 24 nitrogen and oxygen atoms in total. The molecule has 3 aliphatic carbocycles. The van der Waals surface area contributed by atoms with Gasteiger partial charge >= 0.3 is 6.18 Å². The van der Waals surface area contributed by atoms with Gasteiger partial charge in [-0.1, -0.05) is 103 Å². The Morgan fingerprint density at radius 1 is 0.626 bits per heavy atom. The van der Waals surface area contributed by atoms with Crippen molar-refractivity contribution >= 4 is 82.5 Å². The minimum atomic E-state index is -4.76. The van der Waals surface area contributed by atoms with Gasteiger partial charge in [0.2, 0.25) is 70.9 Å². The Balaban J connectivity index is 1.27. The number of aryl methyl sites for hydroxylation is 1. The highest BCUT2D eigenvalue weighted by molar-refractivity contribution is 6.31. The van der Waals surface area contributed by atoms with Gasteiger partial charge in [0.1, 0.15) is 47.8 Å². The first kappa shape index (κ1) is 79.3. The molecule has 0 aromatic heterocycles. The molecule has 1 spiro atoms. The van der Waals surface area contributed by atoms with Gasteiger partial charge in [-0.25, -0.2) is 0 Å². The summed E-state index contributed by atoms with van der Waals surface area (Å²) in [5.41, 5.74) is -2.33. The van der Waals surface area contributed by atoms with Crippen LogP contribution in [0.2, 0.25) is 5.02 Å². The Labute approximate surface area is 586 Å². The van der Waals surface area contributed by atoms with E-state index in [-0.39, 0.29) is 69.2 Å². The van der Waals surface area contributed by atoms with Crippen molar-refractivity contribution in [2.24, 2.45) is 23.7 Å². The summed E-state index contributed by atoms with van der Waals surface area (Å²) in [4.78, 5) is 190. The van der Waals surface area contributed by atoms with Crippen molar-refractivity contribution < 1.29 is 70.7 Å². The third kappa shape index (κ3) is 19.7. The molecular weight excluding hydrogens is 1310 g/mol. The van der Waals surface area contributed by atoms with Gasteiger partial charge in [-0.3, -0.25) is 57.5 Å². The molecule has 1 aromatic carbocycles. The summed E-state index contributed by atoms with van der Waals surface area (Å²) in [5, 5.41) is 8.15. The summed E-state index contributed by atoms with van der Waals surface area (Å²) in [7, 11) is 9.97. The van der Waals surface area contributed by atoms with E-state index < -0.39 is 167 Å². The number of likely N-dealkylation sites (N-methyl/N-ethyl adjacent to an activating group) is 7. The van der Waals surface area contributed by atoms with Crippen LogP contribution in [0, 0.1) is 23.7 Å². The number of nitrogens with one attached hydrogen (secondary N) is 3. The highest BCUT2D eigenvalue weighted by atomic mass is 35.5. The Morgan fingerprint density at radius 2 is 1.24 bits per heavy atom. The fourth-order valence-electron chi connectivity index (χ4n) is 15.2. The molecule has 12 amide bonds. The molecule has 6 fully saturated rings. The molecule has 3 aliphatic heterocycles. The van der Waals surface area contributed by atoms with Crippen molar-refractivity contribution in [1.29, 1.82) is 0 Å². The lowest BCUT2D eigenvalue weighted by atomic mass is 9.77. The molecule has 0 unspecified atom stereocenters. The first-order chi connectivity index (χ1) is 46.7. The number of rotatable bonds is 11. The highest BCUT2D eigenvalue weighted by Crippen LogP contribution is 2.39. The zero-order valence-corrected chi connectivity index (χ0v) is 60.8. The third-order valence-corrected chi connectivity index (χ3v) is 22.2. The predicted octanol–water partition coefficient (Wildman–Crippen LogP) is 5.64. The van der Waals surface area contributed by atoms with Gasteiger partial charge in [0.15, 0.2) is 0 Å². The molecule has 28 heteroatoms. The van der Waals surface area contributed by atoms with Crippen molar-refractivity contribution in [2.75, 3.05) is 88.6 Å². The summed E-state index contributed by atoms with van der Waals surface area (Å²) < 4.78 is 41.6. The predicted molar refractivity (Wildman–Crippen MR) is 364 cm³/mol. The van der Waals surface area contributed by atoms with Crippen LogP contribution in [-0.2, 0) is 70.1 Å². The van der Waals surface area contributed by atoms with Gasteiger partial charge in [0, 0.05) is 69.0 Å². The first-order valence-corrected chi connectivity index (χ1v) is 36.2. The third-order valence-electron chi connectivity index (χ3n) is 21.9. The van der Waals surface area contributed by atoms with Gasteiger partial charge in [-0.15, -0.1) is 0 Å². The number of halogens is 4. The van der Waals surface area contributed by atoms with Crippen LogP contribution >= 0.6 is 11.6 Å². The topological polar surface area (TPSA) is 270 Å². The fourth-order valence-corrected chi connectivity index (χ4v) is 15.5. The maximum absolute atomic E-state index is 15.6. The number of fused-ring (bicyclic) bond motifs is 1. The van der Waals surface area contributed by atoms with E-state index in [0.717, 1.165) is 71.8 Å². The van der Waals surface area contributed by atoms with Crippen LogP contribution in [0.1, 0.15) is 180 Å². The number of benzene rings is 1.